The number of H-pyrrole nitrogens is 1. The first kappa shape index (κ1) is 21.0. The first-order valence-corrected chi connectivity index (χ1v) is 9.74. The minimum Gasteiger partial charge on any atom is -0.449 e. The van der Waals surface area contributed by atoms with Crippen LogP contribution < -0.4 is 10.7 Å². The van der Waals surface area contributed by atoms with E-state index in [-0.39, 0.29) is 18.9 Å². The van der Waals surface area contributed by atoms with Crippen molar-refractivity contribution in [2.45, 2.75) is 26.3 Å². The monoisotopic (exact) mass is 407 g/mol. The minimum atomic E-state index is -0.849. The molecule has 0 saturated carbocycles. The topological polar surface area (TPSA) is 108 Å². The first-order chi connectivity index (χ1) is 14.5. The number of nitrogens with one attached hydrogen (secondary N) is 3. The summed E-state index contributed by atoms with van der Waals surface area (Å²) >= 11 is 0. The third kappa shape index (κ3) is 5.91. The molecule has 0 radical (unpaired) electrons. The molecular weight excluding hydrogens is 382 g/mol. The van der Waals surface area contributed by atoms with Crippen molar-refractivity contribution < 1.29 is 14.3 Å². The quantitative estimate of drug-likeness (QED) is 0.394. The SMILES string of the molecule is CC(C)COC(=O)N[C@@H](Cc1c[nH]c2ccccc12)C(=O)N/N=C/c1ccncc1. The van der Waals surface area contributed by atoms with E-state index in [4.69, 9.17) is 4.74 Å². The Morgan fingerprint density at radius 2 is 1.97 bits per heavy atom. The summed E-state index contributed by atoms with van der Waals surface area (Å²) in [5.41, 5.74) is 5.16. The lowest BCUT2D eigenvalue weighted by Crippen LogP contribution is -2.47. The van der Waals surface area contributed by atoms with Crippen LogP contribution in [0.3, 0.4) is 0 Å². The van der Waals surface area contributed by atoms with Crippen molar-refractivity contribution in [3.63, 3.8) is 0 Å². The van der Waals surface area contributed by atoms with E-state index in [1.54, 1.807) is 24.5 Å². The van der Waals surface area contributed by atoms with Crippen molar-refractivity contribution in [3.05, 3.63) is 66.1 Å². The summed E-state index contributed by atoms with van der Waals surface area (Å²) < 4.78 is 5.18. The Morgan fingerprint density at radius 3 is 2.73 bits per heavy atom. The number of hydrogen-bond donors (Lipinski definition) is 3. The van der Waals surface area contributed by atoms with Crippen LogP contribution in [0.4, 0.5) is 4.79 Å². The molecule has 0 spiro atoms. The molecule has 8 nitrogen and oxygen atoms in total. The smallest absolute Gasteiger partial charge is 0.407 e. The molecule has 0 fully saturated rings. The Morgan fingerprint density at radius 1 is 1.20 bits per heavy atom. The third-order valence-electron chi connectivity index (χ3n) is 4.35. The standard InChI is InChI=1S/C22H25N5O3/c1-15(2)14-30-22(29)26-20(11-17-13-24-19-6-4-3-5-18(17)19)21(28)27-25-12-16-7-9-23-10-8-16/h3-10,12-13,15,20,24H,11,14H2,1-2H3,(H,26,29)(H,27,28)/b25-12+/t20-/m0/s1. The molecule has 0 bridgehead atoms. The summed E-state index contributed by atoms with van der Waals surface area (Å²) in [6.07, 6.45) is 6.27. The Hall–Kier alpha value is -3.68. The number of para-hydroxylation sites is 1. The lowest BCUT2D eigenvalue weighted by atomic mass is 10.0. The molecule has 3 rings (SSSR count). The number of hydrazone groups is 1. The molecule has 1 aromatic carbocycles. The summed E-state index contributed by atoms with van der Waals surface area (Å²) in [5.74, 6) is -0.242. The summed E-state index contributed by atoms with van der Waals surface area (Å²) in [5, 5.41) is 7.63. The van der Waals surface area contributed by atoms with Gasteiger partial charge >= 0.3 is 6.09 Å². The molecule has 156 valence electrons. The van der Waals surface area contributed by atoms with Gasteiger partial charge in [-0.25, -0.2) is 10.2 Å². The average molecular weight is 407 g/mol. The van der Waals surface area contributed by atoms with E-state index in [1.165, 1.54) is 6.21 Å². The van der Waals surface area contributed by atoms with Gasteiger partial charge in [-0.3, -0.25) is 9.78 Å². The number of benzene rings is 1. The fourth-order valence-corrected chi connectivity index (χ4v) is 2.85. The second kappa shape index (κ2) is 10.2. The Labute approximate surface area is 174 Å². The molecule has 0 aliphatic carbocycles. The van der Waals surface area contributed by atoms with Gasteiger partial charge in [0.25, 0.3) is 5.91 Å². The number of rotatable bonds is 8. The number of aromatic nitrogens is 2. The first-order valence-electron chi connectivity index (χ1n) is 9.74. The van der Waals surface area contributed by atoms with Crippen molar-refractivity contribution in [3.8, 4) is 0 Å². The summed E-state index contributed by atoms with van der Waals surface area (Å²) in [6, 6.07) is 10.5. The van der Waals surface area contributed by atoms with Crippen molar-refractivity contribution >= 4 is 29.1 Å². The molecule has 8 heteroatoms. The lowest BCUT2D eigenvalue weighted by Gasteiger charge is -2.17. The Bertz CT molecular complexity index is 1010. The number of nitrogens with zero attached hydrogens (tertiary/aromatic N) is 2. The largest absolute Gasteiger partial charge is 0.449 e. The predicted octanol–water partition coefficient (Wildman–Crippen LogP) is 3.01. The van der Waals surface area contributed by atoms with Crippen LogP contribution in [-0.4, -0.2) is 40.8 Å². The van der Waals surface area contributed by atoms with Gasteiger partial charge in [-0.15, -0.1) is 0 Å². The zero-order chi connectivity index (χ0) is 21.3. The number of carbonyl (C=O) groups excluding carboxylic acids is 2. The molecule has 2 aromatic heterocycles. The van der Waals surface area contributed by atoms with E-state index < -0.39 is 18.0 Å². The molecule has 0 unspecified atom stereocenters. The summed E-state index contributed by atoms with van der Waals surface area (Å²) in [7, 11) is 0. The number of alkyl carbamates (subject to hydrolysis) is 1. The Kier molecular flexibility index (Phi) is 7.15. The van der Waals surface area contributed by atoms with E-state index >= 15 is 0 Å². The molecule has 3 aromatic rings. The van der Waals surface area contributed by atoms with Gasteiger partial charge in [-0.2, -0.15) is 5.10 Å². The summed E-state index contributed by atoms with van der Waals surface area (Å²) in [4.78, 5) is 32.0. The van der Waals surface area contributed by atoms with Crippen LogP contribution >= 0.6 is 0 Å². The van der Waals surface area contributed by atoms with Gasteiger partial charge in [0, 0.05) is 35.9 Å². The van der Waals surface area contributed by atoms with E-state index in [9.17, 15) is 9.59 Å². The van der Waals surface area contributed by atoms with Crippen LogP contribution in [0.1, 0.15) is 25.0 Å². The van der Waals surface area contributed by atoms with Crippen molar-refractivity contribution in [2.75, 3.05) is 6.61 Å². The fourth-order valence-electron chi connectivity index (χ4n) is 2.85. The number of carbonyl (C=O) groups is 2. The number of pyridine rings is 1. The third-order valence-corrected chi connectivity index (χ3v) is 4.35. The van der Waals surface area contributed by atoms with Gasteiger partial charge < -0.3 is 15.0 Å². The van der Waals surface area contributed by atoms with Gasteiger partial charge in [0.2, 0.25) is 0 Å². The van der Waals surface area contributed by atoms with Crippen LogP contribution in [0, 0.1) is 5.92 Å². The fraction of sp³-hybridized carbons (Fsp3) is 0.273. The molecular formula is C22H25N5O3. The molecule has 0 saturated heterocycles. The predicted molar refractivity (Wildman–Crippen MR) is 115 cm³/mol. The van der Waals surface area contributed by atoms with Crippen molar-refractivity contribution in [2.24, 2.45) is 11.0 Å². The van der Waals surface area contributed by atoms with E-state index in [2.05, 4.69) is 25.8 Å². The molecule has 3 N–H and O–H groups in total. The average Bonchev–Trinajstić information content (AvgIpc) is 3.15. The maximum Gasteiger partial charge on any atom is 0.407 e. The van der Waals surface area contributed by atoms with Gasteiger partial charge in [0.1, 0.15) is 6.04 Å². The molecule has 0 aliphatic heterocycles. The van der Waals surface area contributed by atoms with Gasteiger partial charge in [0.05, 0.1) is 12.8 Å². The molecule has 2 amide bonds. The maximum atomic E-state index is 12.8. The second-order valence-corrected chi connectivity index (χ2v) is 7.27. The number of hydrogen-bond acceptors (Lipinski definition) is 5. The van der Waals surface area contributed by atoms with E-state index in [1.807, 2.05) is 44.3 Å². The number of amides is 2. The van der Waals surface area contributed by atoms with Crippen LogP contribution in [-0.2, 0) is 16.0 Å². The maximum absolute atomic E-state index is 12.8. The van der Waals surface area contributed by atoms with Gasteiger partial charge in [-0.05, 0) is 35.2 Å². The van der Waals surface area contributed by atoms with Crippen LogP contribution in [0.5, 0.6) is 0 Å². The molecule has 0 aliphatic rings. The van der Waals surface area contributed by atoms with Gasteiger partial charge in [-0.1, -0.05) is 32.0 Å². The Balaban J connectivity index is 1.71. The highest BCUT2D eigenvalue weighted by molar-refractivity contribution is 5.89. The normalized spacial score (nSPS) is 12.2. The van der Waals surface area contributed by atoms with Crippen molar-refractivity contribution in [1.82, 2.24) is 20.7 Å². The zero-order valence-electron chi connectivity index (χ0n) is 17.0. The van der Waals surface area contributed by atoms with E-state index in [0.29, 0.717) is 0 Å². The molecule has 2 heterocycles. The lowest BCUT2D eigenvalue weighted by molar-refractivity contribution is -0.123. The highest BCUT2D eigenvalue weighted by Crippen LogP contribution is 2.19. The van der Waals surface area contributed by atoms with Crippen LogP contribution in [0.2, 0.25) is 0 Å². The second-order valence-electron chi connectivity index (χ2n) is 7.27. The molecule has 1 atom stereocenters. The van der Waals surface area contributed by atoms with E-state index in [0.717, 1.165) is 22.0 Å². The zero-order valence-corrected chi connectivity index (χ0v) is 17.0. The van der Waals surface area contributed by atoms with Crippen molar-refractivity contribution in [1.29, 1.82) is 0 Å². The van der Waals surface area contributed by atoms with Crippen LogP contribution in [0.15, 0.2) is 60.1 Å². The highest BCUT2D eigenvalue weighted by Gasteiger charge is 2.23. The molecule has 30 heavy (non-hydrogen) atoms. The highest BCUT2D eigenvalue weighted by atomic mass is 16.5. The minimum absolute atomic E-state index is 0.196. The summed E-state index contributed by atoms with van der Waals surface area (Å²) in [6.45, 7) is 4.15. The number of fused-ring (bicyclic) bond motifs is 1. The van der Waals surface area contributed by atoms with Crippen LogP contribution in [0.25, 0.3) is 10.9 Å². The number of ether oxygens (including phenoxy) is 1. The van der Waals surface area contributed by atoms with Gasteiger partial charge in [0.15, 0.2) is 0 Å². The number of aromatic amines is 1.